The molecule has 0 bridgehead atoms. The number of carbonyl (C=O) groups excluding carboxylic acids is 1. The second-order valence-electron chi connectivity index (χ2n) is 6.45. The van der Waals surface area contributed by atoms with Crippen LogP contribution in [-0.2, 0) is 11.2 Å². The lowest BCUT2D eigenvalue weighted by molar-refractivity contribution is -0.120. The normalized spacial score (nSPS) is 14.4. The summed E-state index contributed by atoms with van der Waals surface area (Å²) in [6.45, 7) is 4.65. The minimum Gasteiger partial charge on any atom is -0.355 e. The van der Waals surface area contributed by atoms with Crippen molar-refractivity contribution in [3.05, 3.63) is 48.2 Å². The highest BCUT2D eigenvalue weighted by molar-refractivity contribution is 5.82. The van der Waals surface area contributed by atoms with E-state index in [1.54, 1.807) is 18.6 Å². The fourth-order valence-corrected chi connectivity index (χ4v) is 2.91. The molecule has 0 spiro atoms. The van der Waals surface area contributed by atoms with Gasteiger partial charge in [-0.25, -0.2) is 4.68 Å². The van der Waals surface area contributed by atoms with Gasteiger partial charge in [-0.15, -0.1) is 0 Å². The number of fused-ring (bicyclic) bond motifs is 1. The third-order valence-electron chi connectivity index (χ3n) is 4.43. The van der Waals surface area contributed by atoms with Crippen LogP contribution in [0.15, 0.2) is 36.8 Å². The number of aryl methyl sites for hydroxylation is 1. The Morgan fingerprint density at radius 3 is 2.96 bits per heavy atom. The zero-order valence-corrected chi connectivity index (χ0v) is 14.1. The van der Waals surface area contributed by atoms with Crippen LogP contribution in [0.2, 0.25) is 0 Å². The maximum Gasteiger partial charge on any atom is 0.226 e. The molecule has 0 radical (unpaired) electrons. The van der Waals surface area contributed by atoms with E-state index in [9.17, 15) is 4.79 Å². The van der Waals surface area contributed by atoms with Crippen LogP contribution in [-0.4, -0.2) is 45.3 Å². The Morgan fingerprint density at radius 1 is 1.32 bits per heavy atom. The molecule has 3 aromatic heterocycles. The molecule has 4 heterocycles. The molecule has 1 aliphatic rings. The molecule has 0 saturated carbocycles. The molecular weight excluding hydrogens is 316 g/mol. The molecule has 4 rings (SSSR count). The van der Waals surface area contributed by atoms with Crippen LogP contribution < -0.4 is 10.6 Å². The van der Waals surface area contributed by atoms with Crippen molar-refractivity contribution in [2.45, 2.75) is 13.3 Å². The summed E-state index contributed by atoms with van der Waals surface area (Å²) in [6.07, 6.45) is 5.63. The summed E-state index contributed by atoms with van der Waals surface area (Å²) in [6, 6.07) is 5.82. The van der Waals surface area contributed by atoms with Gasteiger partial charge in [0.1, 0.15) is 0 Å². The Kier molecular flexibility index (Phi) is 4.15. The maximum absolute atomic E-state index is 12.1. The van der Waals surface area contributed by atoms with Crippen LogP contribution >= 0.6 is 0 Å². The van der Waals surface area contributed by atoms with Gasteiger partial charge < -0.3 is 10.6 Å². The van der Waals surface area contributed by atoms with Gasteiger partial charge in [-0.2, -0.15) is 5.10 Å². The molecule has 7 heteroatoms. The zero-order chi connectivity index (χ0) is 17.2. The lowest BCUT2D eigenvalue weighted by atomic mass is 10.0. The van der Waals surface area contributed by atoms with E-state index >= 15 is 0 Å². The lowest BCUT2D eigenvalue weighted by Gasteiger charge is -2.27. The Bertz CT molecular complexity index is 915. The van der Waals surface area contributed by atoms with Crippen LogP contribution in [0.1, 0.15) is 11.4 Å². The molecule has 1 aliphatic heterocycles. The lowest BCUT2D eigenvalue weighted by Crippen LogP contribution is -2.48. The van der Waals surface area contributed by atoms with Crippen molar-refractivity contribution in [3.8, 4) is 5.69 Å². The molecule has 1 fully saturated rings. The van der Waals surface area contributed by atoms with Gasteiger partial charge in [0.2, 0.25) is 5.91 Å². The van der Waals surface area contributed by atoms with Crippen molar-refractivity contribution in [1.29, 1.82) is 0 Å². The number of hydrogen-bond acceptors (Lipinski definition) is 5. The van der Waals surface area contributed by atoms with Crippen LogP contribution in [0, 0.1) is 12.8 Å². The SMILES string of the molecule is Cc1cc(-n2ncc3cc(CC(=O)NCC4CNC4)ncc32)ccn1. The average molecular weight is 336 g/mol. The van der Waals surface area contributed by atoms with E-state index in [4.69, 9.17) is 0 Å². The number of hydrogen-bond donors (Lipinski definition) is 2. The first-order chi connectivity index (χ1) is 12.2. The average Bonchev–Trinajstić information content (AvgIpc) is 2.96. The Labute approximate surface area is 145 Å². The predicted molar refractivity (Wildman–Crippen MR) is 94.5 cm³/mol. The van der Waals surface area contributed by atoms with Crippen molar-refractivity contribution in [1.82, 2.24) is 30.4 Å². The van der Waals surface area contributed by atoms with Crippen molar-refractivity contribution in [3.63, 3.8) is 0 Å². The molecule has 0 unspecified atom stereocenters. The van der Waals surface area contributed by atoms with E-state index in [2.05, 4.69) is 25.7 Å². The molecule has 1 saturated heterocycles. The molecule has 1 amide bonds. The highest BCUT2D eigenvalue weighted by Crippen LogP contribution is 2.18. The fourth-order valence-electron chi connectivity index (χ4n) is 2.91. The van der Waals surface area contributed by atoms with Gasteiger partial charge in [-0.1, -0.05) is 0 Å². The molecule has 2 N–H and O–H groups in total. The van der Waals surface area contributed by atoms with Crippen LogP contribution in [0.5, 0.6) is 0 Å². The van der Waals surface area contributed by atoms with Crippen molar-refractivity contribution in [2.24, 2.45) is 5.92 Å². The third kappa shape index (κ3) is 3.36. The van der Waals surface area contributed by atoms with E-state index in [0.717, 1.165) is 47.6 Å². The number of carbonyl (C=O) groups is 1. The highest BCUT2D eigenvalue weighted by atomic mass is 16.1. The molecular formula is C18H20N6O. The monoisotopic (exact) mass is 336 g/mol. The maximum atomic E-state index is 12.1. The summed E-state index contributed by atoms with van der Waals surface area (Å²) in [5, 5.41) is 11.6. The number of rotatable bonds is 5. The smallest absolute Gasteiger partial charge is 0.226 e. The highest BCUT2D eigenvalue weighted by Gasteiger charge is 2.17. The second kappa shape index (κ2) is 6.60. The fraction of sp³-hybridized carbons (Fsp3) is 0.333. The third-order valence-corrected chi connectivity index (χ3v) is 4.43. The number of pyridine rings is 2. The largest absolute Gasteiger partial charge is 0.355 e. The minimum absolute atomic E-state index is 0.0101. The van der Waals surface area contributed by atoms with Gasteiger partial charge in [0.25, 0.3) is 0 Å². The summed E-state index contributed by atoms with van der Waals surface area (Å²) >= 11 is 0. The van der Waals surface area contributed by atoms with E-state index in [1.807, 2.05) is 29.8 Å². The van der Waals surface area contributed by atoms with E-state index < -0.39 is 0 Å². The summed E-state index contributed by atoms with van der Waals surface area (Å²) in [5.74, 6) is 0.567. The summed E-state index contributed by atoms with van der Waals surface area (Å²) in [5.41, 5.74) is 3.55. The van der Waals surface area contributed by atoms with Crippen molar-refractivity contribution >= 4 is 16.8 Å². The van der Waals surface area contributed by atoms with E-state index in [1.165, 1.54) is 0 Å². The first-order valence-corrected chi connectivity index (χ1v) is 8.42. The van der Waals surface area contributed by atoms with E-state index in [-0.39, 0.29) is 12.3 Å². The van der Waals surface area contributed by atoms with Crippen LogP contribution in [0.4, 0.5) is 0 Å². The number of nitrogens with zero attached hydrogens (tertiary/aromatic N) is 4. The molecule has 0 aliphatic carbocycles. The zero-order valence-electron chi connectivity index (χ0n) is 14.1. The topological polar surface area (TPSA) is 84.7 Å². The first-order valence-electron chi connectivity index (χ1n) is 8.42. The van der Waals surface area contributed by atoms with Gasteiger partial charge in [-0.05, 0) is 25.1 Å². The van der Waals surface area contributed by atoms with Gasteiger partial charge in [0.05, 0.1) is 35.7 Å². The molecule has 128 valence electrons. The van der Waals surface area contributed by atoms with Gasteiger partial charge in [0, 0.05) is 42.8 Å². The molecule has 7 nitrogen and oxygen atoms in total. The Balaban J connectivity index is 1.50. The molecule has 3 aromatic rings. The quantitative estimate of drug-likeness (QED) is 0.726. The number of nitrogens with one attached hydrogen (secondary N) is 2. The molecule has 25 heavy (non-hydrogen) atoms. The van der Waals surface area contributed by atoms with Crippen molar-refractivity contribution in [2.75, 3.05) is 19.6 Å². The predicted octanol–water partition coefficient (Wildman–Crippen LogP) is 1.00. The number of amides is 1. The summed E-state index contributed by atoms with van der Waals surface area (Å²) < 4.78 is 1.84. The first kappa shape index (κ1) is 15.7. The summed E-state index contributed by atoms with van der Waals surface area (Å²) in [4.78, 5) is 20.7. The Hall–Kier alpha value is -2.80. The minimum atomic E-state index is 0.0101. The molecule has 0 atom stereocenters. The standard InChI is InChI=1S/C18H20N6O/c1-12-4-16(2-3-20-12)24-17-11-21-15(5-14(17)10-23-24)6-18(25)22-9-13-7-19-8-13/h2-5,10-11,13,19H,6-9H2,1H3,(H,22,25). The van der Waals surface area contributed by atoms with Gasteiger partial charge >= 0.3 is 0 Å². The van der Waals surface area contributed by atoms with Crippen molar-refractivity contribution < 1.29 is 4.79 Å². The van der Waals surface area contributed by atoms with Gasteiger partial charge in [0.15, 0.2) is 0 Å². The second-order valence-corrected chi connectivity index (χ2v) is 6.45. The van der Waals surface area contributed by atoms with Crippen LogP contribution in [0.3, 0.4) is 0 Å². The van der Waals surface area contributed by atoms with E-state index in [0.29, 0.717) is 5.92 Å². The Morgan fingerprint density at radius 2 is 2.20 bits per heavy atom. The number of aromatic nitrogens is 4. The van der Waals surface area contributed by atoms with Crippen LogP contribution in [0.25, 0.3) is 16.6 Å². The van der Waals surface area contributed by atoms with Gasteiger partial charge in [-0.3, -0.25) is 14.8 Å². The molecule has 0 aromatic carbocycles. The summed E-state index contributed by atoms with van der Waals surface area (Å²) in [7, 11) is 0.